The van der Waals surface area contributed by atoms with E-state index in [1.165, 1.54) is 0 Å². The Morgan fingerprint density at radius 1 is 1.42 bits per heavy atom. The Morgan fingerprint density at radius 3 is 2.83 bits per heavy atom. The van der Waals surface area contributed by atoms with Crippen molar-refractivity contribution < 1.29 is 14.3 Å². The second-order valence-electron chi connectivity index (χ2n) is 5.82. The summed E-state index contributed by atoms with van der Waals surface area (Å²) >= 11 is 0. The molecule has 7 nitrogen and oxygen atoms in total. The summed E-state index contributed by atoms with van der Waals surface area (Å²) in [6.07, 6.45) is 4.71. The molecular formula is C17H22N4O3. The van der Waals surface area contributed by atoms with E-state index < -0.39 is 6.10 Å². The van der Waals surface area contributed by atoms with E-state index in [1.54, 1.807) is 18.3 Å². The summed E-state index contributed by atoms with van der Waals surface area (Å²) in [6.45, 7) is 0.845. The van der Waals surface area contributed by atoms with E-state index >= 15 is 0 Å². The molecule has 1 saturated heterocycles. The van der Waals surface area contributed by atoms with Crippen LogP contribution < -0.4 is 15.8 Å². The highest BCUT2D eigenvalue weighted by Gasteiger charge is 2.29. The number of benzene rings is 1. The van der Waals surface area contributed by atoms with Crippen LogP contribution in [0.15, 0.2) is 36.7 Å². The van der Waals surface area contributed by atoms with E-state index in [2.05, 4.69) is 10.3 Å². The molecule has 1 aliphatic heterocycles. The number of amides is 1. The van der Waals surface area contributed by atoms with Crippen LogP contribution in [-0.2, 0) is 23.2 Å². The molecule has 24 heavy (non-hydrogen) atoms. The molecule has 0 bridgehead atoms. The Balaban J connectivity index is 1.51. The number of nitrogens with zero attached hydrogens (tertiary/aromatic N) is 2. The third-order valence-corrected chi connectivity index (χ3v) is 4.07. The predicted molar refractivity (Wildman–Crippen MR) is 89.6 cm³/mol. The number of nitrogens with two attached hydrogens (primary N) is 1. The first-order chi connectivity index (χ1) is 11.7. The third-order valence-electron chi connectivity index (χ3n) is 4.07. The number of rotatable bonds is 6. The number of hydrogen-bond donors (Lipinski definition) is 2. The summed E-state index contributed by atoms with van der Waals surface area (Å²) in [7, 11) is 1.92. The van der Waals surface area contributed by atoms with Gasteiger partial charge in [0.15, 0.2) is 0 Å². The van der Waals surface area contributed by atoms with E-state index in [4.69, 9.17) is 15.2 Å². The Labute approximate surface area is 140 Å². The van der Waals surface area contributed by atoms with Crippen molar-refractivity contribution in [3.8, 4) is 5.75 Å². The number of imidazole rings is 1. The highest BCUT2D eigenvalue weighted by molar-refractivity contribution is 5.94. The Kier molecular flexibility index (Phi) is 5.12. The van der Waals surface area contributed by atoms with Gasteiger partial charge < -0.3 is 25.1 Å². The molecule has 0 radical (unpaired) electrons. The minimum atomic E-state index is -0.419. The normalized spacial score (nSPS) is 20.1. The zero-order valence-electron chi connectivity index (χ0n) is 13.6. The lowest BCUT2D eigenvalue weighted by atomic mass is 10.2. The second kappa shape index (κ2) is 7.46. The summed E-state index contributed by atoms with van der Waals surface area (Å²) in [5.74, 6) is 1.43. The molecule has 3 N–H and O–H groups in total. The van der Waals surface area contributed by atoms with Crippen LogP contribution in [0.2, 0.25) is 0 Å². The molecule has 1 amide bonds. The molecule has 2 atom stereocenters. The second-order valence-corrected chi connectivity index (χ2v) is 5.82. The molecule has 2 aromatic rings. The van der Waals surface area contributed by atoms with Crippen LogP contribution in [0.4, 0.5) is 5.69 Å². The van der Waals surface area contributed by atoms with Crippen molar-refractivity contribution in [2.75, 3.05) is 11.9 Å². The van der Waals surface area contributed by atoms with Gasteiger partial charge in [-0.2, -0.15) is 0 Å². The minimum absolute atomic E-state index is 0.0114. The highest BCUT2D eigenvalue weighted by atomic mass is 16.5. The lowest BCUT2D eigenvalue weighted by molar-refractivity contribution is -0.126. The van der Waals surface area contributed by atoms with Crippen molar-refractivity contribution in [1.29, 1.82) is 0 Å². The Hall–Kier alpha value is -2.38. The number of carbonyl (C=O) groups is 1. The average Bonchev–Trinajstić information content (AvgIpc) is 3.23. The summed E-state index contributed by atoms with van der Waals surface area (Å²) in [6, 6.07) is 7.25. The van der Waals surface area contributed by atoms with Crippen LogP contribution in [0.25, 0.3) is 0 Å². The molecule has 0 aliphatic carbocycles. The maximum absolute atomic E-state index is 12.2. The largest absolute Gasteiger partial charge is 0.486 e. The van der Waals surface area contributed by atoms with Crippen LogP contribution >= 0.6 is 0 Å². The van der Waals surface area contributed by atoms with E-state index in [0.717, 1.165) is 18.0 Å². The topological polar surface area (TPSA) is 91.4 Å². The number of carbonyl (C=O) groups excluding carboxylic acids is 1. The average molecular weight is 330 g/mol. The van der Waals surface area contributed by atoms with Crippen LogP contribution in [0.5, 0.6) is 5.75 Å². The molecule has 1 fully saturated rings. The van der Waals surface area contributed by atoms with Gasteiger partial charge in [-0.25, -0.2) is 4.98 Å². The van der Waals surface area contributed by atoms with Crippen LogP contribution in [0.3, 0.4) is 0 Å². The third kappa shape index (κ3) is 3.93. The van der Waals surface area contributed by atoms with Gasteiger partial charge in [-0.3, -0.25) is 4.79 Å². The van der Waals surface area contributed by atoms with Crippen LogP contribution in [-0.4, -0.2) is 34.2 Å². The summed E-state index contributed by atoms with van der Waals surface area (Å²) in [5.41, 5.74) is 6.27. The van der Waals surface area contributed by atoms with Gasteiger partial charge in [0.2, 0.25) is 0 Å². The highest BCUT2D eigenvalue weighted by Crippen LogP contribution is 2.21. The monoisotopic (exact) mass is 330 g/mol. The molecular weight excluding hydrogens is 308 g/mol. The molecule has 1 aromatic heterocycles. The van der Waals surface area contributed by atoms with E-state index in [-0.39, 0.29) is 12.0 Å². The molecule has 1 aromatic carbocycles. The van der Waals surface area contributed by atoms with Gasteiger partial charge in [0.05, 0.1) is 6.10 Å². The number of aromatic nitrogens is 2. The summed E-state index contributed by atoms with van der Waals surface area (Å²) in [5, 5.41) is 2.86. The first-order valence-corrected chi connectivity index (χ1v) is 8.01. The van der Waals surface area contributed by atoms with Crippen molar-refractivity contribution in [1.82, 2.24) is 9.55 Å². The van der Waals surface area contributed by atoms with Gasteiger partial charge in [0.1, 0.15) is 24.3 Å². The molecule has 0 unspecified atom stereocenters. The molecule has 3 rings (SSSR count). The first kappa shape index (κ1) is 16.5. The van der Waals surface area contributed by atoms with Crippen LogP contribution in [0.1, 0.15) is 18.7 Å². The fraction of sp³-hybridized carbons (Fsp3) is 0.412. The van der Waals surface area contributed by atoms with E-state index in [0.29, 0.717) is 25.3 Å². The van der Waals surface area contributed by atoms with Gasteiger partial charge in [0, 0.05) is 31.7 Å². The van der Waals surface area contributed by atoms with Crippen molar-refractivity contribution in [3.05, 3.63) is 42.5 Å². The molecule has 7 heteroatoms. The number of hydrogen-bond acceptors (Lipinski definition) is 5. The van der Waals surface area contributed by atoms with Crippen molar-refractivity contribution >= 4 is 11.6 Å². The molecule has 0 spiro atoms. The van der Waals surface area contributed by atoms with Crippen molar-refractivity contribution in [3.63, 3.8) is 0 Å². The van der Waals surface area contributed by atoms with Gasteiger partial charge in [-0.1, -0.05) is 0 Å². The maximum Gasteiger partial charge on any atom is 0.253 e. The smallest absolute Gasteiger partial charge is 0.253 e. The first-order valence-electron chi connectivity index (χ1n) is 8.01. The van der Waals surface area contributed by atoms with Crippen molar-refractivity contribution in [2.45, 2.75) is 31.7 Å². The predicted octanol–water partition coefficient (Wildman–Crippen LogP) is 1.44. The molecule has 128 valence electrons. The molecule has 1 aliphatic rings. The lowest BCUT2D eigenvalue weighted by Crippen LogP contribution is -2.29. The van der Waals surface area contributed by atoms with E-state index in [1.807, 2.05) is 29.9 Å². The Morgan fingerprint density at radius 2 is 2.21 bits per heavy atom. The fourth-order valence-electron chi connectivity index (χ4n) is 2.61. The SMILES string of the molecule is Cn1ccnc1COc1ccc(NC(=O)[C@@H]2CC[C@H](CN)O2)cc1. The van der Waals surface area contributed by atoms with Gasteiger partial charge in [-0.15, -0.1) is 0 Å². The fourth-order valence-corrected chi connectivity index (χ4v) is 2.61. The standard InChI is InChI=1S/C17H22N4O3/c1-21-9-8-19-16(21)11-23-13-4-2-12(3-5-13)20-17(22)15-7-6-14(10-18)24-15/h2-5,8-9,14-15H,6-7,10-11,18H2,1H3,(H,20,22)/t14-,15+/m1/s1. The molecule has 2 heterocycles. The van der Waals surface area contributed by atoms with Gasteiger partial charge in [-0.05, 0) is 37.1 Å². The summed E-state index contributed by atoms with van der Waals surface area (Å²) < 4.78 is 13.2. The number of anilines is 1. The summed E-state index contributed by atoms with van der Waals surface area (Å²) in [4.78, 5) is 16.4. The van der Waals surface area contributed by atoms with Gasteiger partial charge >= 0.3 is 0 Å². The lowest BCUT2D eigenvalue weighted by Gasteiger charge is -2.13. The molecule has 0 saturated carbocycles. The Bertz CT molecular complexity index is 683. The minimum Gasteiger partial charge on any atom is -0.486 e. The zero-order valence-corrected chi connectivity index (χ0v) is 13.6. The number of ether oxygens (including phenoxy) is 2. The maximum atomic E-state index is 12.2. The number of aryl methyl sites for hydroxylation is 1. The van der Waals surface area contributed by atoms with E-state index in [9.17, 15) is 4.79 Å². The van der Waals surface area contributed by atoms with Crippen LogP contribution in [0, 0.1) is 0 Å². The number of nitrogens with one attached hydrogen (secondary N) is 1. The zero-order chi connectivity index (χ0) is 16.9. The van der Waals surface area contributed by atoms with Gasteiger partial charge in [0.25, 0.3) is 5.91 Å². The quantitative estimate of drug-likeness (QED) is 0.836. The van der Waals surface area contributed by atoms with Crippen molar-refractivity contribution in [2.24, 2.45) is 12.8 Å².